The quantitative estimate of drug-likeness (QED) is 0.806. The predicted molar refractivity (Wildman–Crippen MR) is 80.0 cm³/mol. The first-order valence-electron chi connectivity index (χ1n) is 5.79. The molecule has 1 aromatic carbocycles. The molecule has 0 heterocycles. The second kappa shape index (κ2) is 6.96. The molecule has 1 unspecified atom stereocenters. The molecule has 0 saturated heterocycles. The highest BCUT2D eigenvalue weighted by atomic mass is 127. The number of carbonyl (C=O) groups excluding carboxylic acids is 1. The smallest absolute Gasteiger partial charge is 0.224 e. The number of benzene rings is 1. The molecule has 94 valence electrons. The van der Waals surface area contributed by atoms with Crippen molar-refractivity contribution in [3.05, 3.63) is 27.3 Å². The Morgan fingerprint density at radius 3 is 2.82 bits per heavy atom. The average molecular weight is 346 g/mol. The molecule has 3 nitrogen and oxygen atoms in total. The Hall–Kier alpha value is -0.620. The zero-order chi connectivity index (χ0) is 12.8. The molecule has 1 amide bonds. The molecule has 17 heavy (non-hydrogen) atoms. The van der Waals surface area contributed by atoms with Gasteiger partial charge in [0.15, 0.2) is 0 Å². The van der Waals surface area contributed by atoms with Gasteiger partial charge in [0.05, 0.1) is 0 Å². The van der Waals surface area contributed by atoms with Gasteiger partial charge >= 0.3 is 0 Å². The number of aryl methyl sites for hydroxylation is 1. The molecule has 4 heteroatoms. The summed E-state index contributed by atoms with van der Waals surface area (Å²) in [5, 5.41) is 2.90. The van der Waals surface area contributed by atoms with E-state index in [4.69, 9.17) is 5.73 Å². The number of anilines is 1. The Labute approximate surface area is 116 Å². The van der Waals surface area contributed by atoms with Gasteiger partial charge in [0, 0.05) is 15.7 Å². The average Bonchev–Trinajstić information content (AvgIpc) is 2.31. The predicted octanol–water partition coefficient (Wildman–Crippen LogP) is 2.91. The van der Waals surface area contributed by atoms with Crippen molar-refractivity contribution >= 4 is 34.2 Å². The van der Waals surface area contributed by atoms with Gasteiger partial charge in [-0.1, -0.05) is 13.0 Å². The molecule has 0 aliphatic carbocycles. The van der Waals surface area contributed by atoms with Gasteiger partial charge in [0.2, 0.25) is 5.91 Å². The van der Waals surface area contributed by atoms with Gasteiger partial charge in [-0.3, -0.25) is 4.79 Å². The van der Waals surface area contributed by atoms with E-state index in [1.807, 2.05) is 18.2 Å². The summed E-state index contributed by atoms with van der Waals surface area (Å²) in [4.78, 5) is 11.7. The van der Waals surface area contributed by atoms with Crippen molar-refractivity contribution in [2.24, 2.45) is 11.7 Å². The Balaban J connectivity index is 2.48. The highest BCUT2D eigenvalue weighted by Crippen LogP contribution is 2.17. The normalized spacial score (nSPS) is 12.2. The number of hydrogen-bond donors (Lipinski definition) is 2. The zero-order valence-corrected chi connectivity index (χ0v) is 12.5. The van der Waals surface area contributed by atoms with E-state index in [1.165, 1.54) is 5.56 Å². The number of rotatable bonds is 5. The van der Waals surface area contributed by atoms with E-state index < -0.39 is 0 Å². The van der Waals surface area contributed by atoms with Crippen LogP contribution in [0.25, 0.3) is 0 Å². The molecule has 3 N–H and O–H groups in total. The van der Waals surface area contributed by atoms with Gasteiger partial charge in [-0.2, -0.15) is 0 Å². The lowest BCUT2D eigenvalue weighted by molar-refractivity contribution is -0.116. The maximum absolute atomic E-state index is 11.7. The van der Waals surface area contributed by atoms with Gasteiger partial charge in [-0.25, -0.2) is 0 Å². The minimum Gasteiger partial charge on any atom is -0.330 e. The maximum Gasteiger partial charge on any atom is 0.224 e. The van der Waals surface area contributed by atoms with Crippen LogP contribution in [0.15, 0.2) is 18.2 Å². The van der Waals surface area contributed by atoms with Crippen molar-refractivity contribution in [3.63, 3.8) is 0 Å². The summed E-state index contributed by atoms with van der Waals surface area (Å²) in [6, 6.07) is 5.93. The number of halogens is 1. The third-order valence-electron chi connectivity index (χ3n) is 2.72. The summed E-state index contributed by atoms with van der Waals surface area (Å²) in [5.74, 6) is 0.462. The first-order chi connectivity index (χ1) is 8.02. The van der Waals surface area contributed by atoms with Gasteiger partial charge < -0.3 is 11.1 Å². The lowest BCUT2D eigenvalue weighted by Gasteiger charge is -2.09. The Kier molecular flexibility index (Phi) is 5.91. The van der Waals surface area contributed by atoms with Crippen molar-refractivity contribution < 1.29 is 4.79 Å². The first kappa shape index (κ1) is 14.4. The van der Waals surface area contributed by atoms with Crippen LogP contribution in [-0.4, -0.2) is 12.5 Å². The van der Waals surface area contributed by atoms with Crippen LogP contribution >= 0.6 is 22.6 Å². The lowest BCUT2D eigenvalue weighted by atomic mass is 10.1. The van der Waals surface area contributed by atoms with Crippen molar-refractivity contribution in [1.29, 1.82) is 0 Å². The molecule has 0 radical (unpaired) electrons. The van der Waals surface area contributed by atoms with Crippen LogP contribution in [0.4, 0.5) is 5.69 Å². The van der Waals surface area contributed by atoms with Crippen LogP contribution in [-0.2, 0) is 4.79 Å². The van der Waals surface area contributed by atoms with Gasteiger partial charge in [-0.15, -0.1) is 0 Å². The Bertz CT molecular complexity index is 393. The SMILES string of the molecule is Cc1ccc(NC(=O)CCC(C)CN)cc1I. The van der Waals surface area contributed by atoms with E-state index in [2.05, 4.69) is 41.8 Å². The number of nitrogens with two attached hydrogens (primary N) is 1. The second-order valence-electron chi connectivity index (χ2n) is 4.39. The molecule has 0 aliphatic rings. The zero-order valence-electron chi connectivity index (χ0n) is 10.3. The van der Waals surface area contributed by atoms with Crippen molar-refractivity contribution in [1.82, 2.24) is 0 Å². The fourth-order valence-corrected chi connectivity index (χ4v) is 1.90. The number of carbonyl (C=O) groups is 1. The Morgan fingerprint density at radius 1 is 1.53 bits per heavy atom. The Morgan fingerprint density at radius 2 is 2.24 bits per heavy atom. The number of hydrogen-bond acceptors (Lipinski definition) is 2. The van der Waals surface area contributed by atoms with Crippen LogP contribution in [0.1, 0.15) is 25.3 Å². The van der Waals surface area contributed by atoms with Gasteiger partial charge in [-0.05, 0) is 66.1 Å². The van der Waals surface area contributed by atoms with Gasteiger partial charge in [0.1, 0.15) is 0 Å². The van der Waals surface area contributed by atoms with E-state index in [1.54, 1.807) is 0 Å². The third-order valence-corrected chi connectivity index (χ3v) is 3.88. The van der Waals surface area contributed by atoms with E-state index in [9.17, 15) is 4.79 Å². The van der Waals surface area contributed by atoms with Gasteiger partial charge in [0.25, 0.3) is 0 Å². The fourth-order valence-electron chi connectivity index (χ4n) is 1.39. The molecule has 0 spiro atoms. The minimum atomic E-state index is 0.0601. The van der Waals surface area contributed by atoms with Crippen molar-refractivity contribution in [3.8, 4) is 0 Å². The molecule has 1 atom stereocenters. The highest BCUT2D eigenvalue weighted by Gasteiger charge is 2.06. The summed E-state index contributed by atoms with van der Waals surface area (Å²) in [7, 11) is 0. The van der Waals surface area contributed by atoms with Crippen LogP contribution < -0.4 is 11.1 Å². The number of nitrogens with one attached hydrogen (secondary N) is 1. The topological polar surface area (TPSA) is 55.1 Å². The second-order valence-corrected chi connectivity index (χ2v) is 5.55. The summed E-state index contributed by atoms with van der Waals surface area (Å²) >= 11 is 2.27. The third kappa shape index (κ3) is 5.04. The monoisotopic (exact) mass is 346 g/mol. The molecular formula is C13H19IN2O. The summed E-state index contributed by atoms with van der Waals surface area (Å²) in [6.45, 7) is 4.74. The maximum atomic E-state index is 11.7. The largest absolute Gasteiger partial charge is 0.330 e. The van der Waals surface area contributed by atoms with Crippen molar-refractivity contribution in [2.45, 2.75) is 26.7 Å². The van der Waals surface area contributed by atoms with Crippen LogP contribution in [0.5, 0.6) is 0 Å². The van der Waals surface area contributed by atoms with E-state index in [0.29, 0.717) is 18.9 Å². The lowest BCUT2D eigenvalue weighted by Crippen LogP contribution is -2.16. The fraction of sp³-hybridized carbons (Fsp3) is 0.462. The van der Waals surface area contributed by atoms with Crippen molar-refractivity contribution in [2.75, 3.05) is 11.9 Å². The summed E-state index contributed by atoms with van der Waals surface area (Å²) in [5.41, 5.74) is 7.60. The van der Waals surface area contributed by atoms with E-state index >= 15 is 0 Å². The molecule has 1 aromatic rings. The minimum absolute atomic E-state index is 0.0601. The molecular weight excluding hydrogens is 327 g/mol. The standard InChI is InChI=1S/C13H19IN2O/c1-9(8-15)3-6-13(17)16-11-5-4-10(2)12(14)7-11/h4-5,7,9H,3,6,8,15H2,1-2H3,(H,16,17). The first-order valence-corrected chi connectivity index (χ1v) is 6.87. The van der Waals surface area contributed by atoms with Crippen LogP contribution in [0.3, 0.4) is 0 Å². The summed E-state index contributed by atoms with van der Waals surface area (Å²) < 4.78 is 1.16. The highest BCUT2D eigenvalue weighted by molar-refractivity contribution is 14.1. The molecule has 0 aromatic heterocycles. The molecule has 0 bridgehead atoms. The molecule has 0 aliphatic heterocycles. The van der Waals surface area contributed by atoms with Crippen LogP contribution in [0.2, 0.25) is 0 Å². The molecule has 0 fully saturated rings. The molecule has 1 rings (SSSR count). The molecule has 0 saturated carbocycles. The summed E-state index contributed by atoms with van der Waals surface area (Å²) in [6.07, 6.45) is 1.37. The van der Waals surface area contributed by atoms with Crippen LogP contribution in [0, 0.1) is 16.4 Å². The van der Waals surface area contributed by atoms with E-state index in [-0.39, 0.29) is 5.91 Å². The van der Waals surface area contributed by atoms with E-state index in [0.717, 1.165) is 15.7 Å². The number of amides is 1.